The van der Waals surface area contributed by atoms with E-state index in [4.69, 9.17) is 17.4 Å². The zero-order chi connectivity index (χ0) is 34.6. The predicted octanol–water partition coefficient (Wildman–Crippen LogP) is 7.61. The Morgan fingerprint density at radius 2 is 1.53 bits per heavy atom. The van der Waals surface area contributed by atoms with Crippen LogP contribution in [0.4, 0.5) is 0 Å². The van der Waals surface area contributed by atoms with Crippen molar-refractivity contribution in [1.29, 1.82) is 0 Å². The molecule has 0 aliphatic carbocycles. The molecular formula is C40H43ClN10. The van der Waals surface area contributed by atoms with Crippen LogP contribution in [0.5, 0.6) is 0 Å². The highest BCUT2D eigenvalue weighted by molar-refractivity contribution is 6.36. The van der Waals surface area contributed by atoms with Crippen LogP contribution in [0.15, 0.2) is 103 Å². The summed E-state index contributed by atoms with van der Waals surface area (Å²) in [5.41, 5.74) is 8.50. The zero-order valence-corrected chi connectivity index (χ0v) is 29.4. The molecule has 7 aromatic rings. The topological polar surface area (TPSA) is 131 Å². The highest BCUT2D eigenvalue weighted by Gasteiger charge is 2.28. The van der Waals surface area contributed by atoms with Crippen LogP contribution in [0.1, 0.15) is 54.0 Å². The molecule has 0 amide bonds. The largest absolute Gasteiger partial charge is 0.346 e. The standard InChI is InChI=1S/C20H22ClN5.C20H21N5/c21-17-11-24-20-16(8-9-23-20)18(17)19(25-22)15-7-4-10-26(13-15)12-14-5-2-1-3-6-14;1-2-5-14(6-3-1)12-25-10-4-7-15(13-25)19-18-16-8-9-21-20(16)22-11-17(18)23-24-19/h1-3,5-6,8-9,11,15H,4,7,10,12-13,22H2,(H,23,24);1-3,5-6,8-9,11,15,23-24H,4,7,10,12-13H2/b25-19+;. The molecule has 2 aliphatic rings. The molecule has 2 aliphatic heterocycles. The number of benzene rings is 2. The minimum absolute atomic E-state index is 0.260. The number of hydrogen-bond donors (Lipinski definition) is 4. The lowest BCUT2D eigenvalue weighted by Gasteiger charge is -2.33. The second-order valence-electron chi connectivity index (χ2n) is 13.7. The number of hydrazone groups is 1. The summed E-state index contributed by atoms with van der Waals surface area (Å²) in [7, 11) is 0. The molecule has 2 fully saturated rings. The van der Waals surface area contributed by atoms with Crippen molar-refractivity contribution in [2.24, 2.45) is 16.9 Å². The summed E-state index contributed by atoms with van der Waals surface area (Å²) in [6.07, 6.45) is 11.9. The monoisotopic (exact) mass is 698 g/mol. The molecule has 5 aromatic heterocycles. The van der Waals surface area contributed by atoms with Gasteiger partial charge in [0.15, 0.2) is 5.65 Å². The molecule has 0 radical (unpaired) electrons. The number of hydrogen-bond acceptors (Lipinski definition) is 7. The van der Waals surface area contributed by atoms with Gasteiger partial charge >= 0.3 is 0 Å². The number of halogens is 1. The number of nitrogens with one attached hydrogen (secondary N) is 3. The minimum atomic E-state index is 0.260. The summed E-state index contributed by atoms with van der Waals surface area (Å²) in [4.78, 5) is 21.3. The van der Waals surface area contributed by atoms with Crippen molar-refractivity contribution < 1.29 is 0 Å². The molecule has 7 heterocycles. The van der Waals surface area contributed by atoms with Gasteiger partial charge in [0.05, 0.1) is 22.4 Å². The Hall–Kier alpha value is -5.03. The van der Waals surface area contributed by atoms with Gasteiger partial charge in [-0.15, -0.1) is 0 Å². The second kappa shape index (κ2) is 15.1. The number of pyridine rings is 2. The van der Waals surface area contributed by atoms with E-state index in [1.54, 1.807) is 6.20 Å². The van der Waals surface area contributed by atoms with E-state index in [2.05, 4.69) is 112 Å². The molecule has 2 aromatic carbocycles. The zero-order valence-electron chi connectivity index (χ0n) is 28.6. The number of aromatic amines is 3. The van der Waals surface area contributed by atoms with E-state index >= 15 is 0 Å². The van der Waals surface area contributed by atoms with Crippen LogP contribution < -0.4 is 5.84 Å². The third kappa shape index (κ3) is 7.12. The smallest absolute Gasteiger partial charge is 0.159 e. The van der Waals surface area contributed by atoms with Crippen molar-refractivity contribution in [3.8, 4) is 0 Å². The molecule has 2 saturated heterocycles. The normalized spacial score (nSPS) is 19.0. The quantitative estimate of drug-likeness (QED) is 0.0770. The third-order valence-corrected chi connectivity index (χ3v) is 10.7. The van der Waals surface area contributed by atoms with Crippen molar-refractivity contribution in [3.05, 3.63) is 125 Å². The molecule has 0 saturated carbocycles. The molecule has 2 atom stereocenters. The van der Waals surface area contributed by atoms with E-state index in [1.165, 1.54) is 41.6 Å². The number of piperidine rings is 2. The van der Waals surface area contributed by atoms with Gasteiger partial charge in [-0.2, -0.15) is 5.10 Å². The number of nitrogens with two attached hydrogens (primary N) is 1. The van der Waals surface area contributed by atoms with Crippen molar-refractivity contribution in [2.45, 2.75) is 44.7 Å². The number of likely N-dealkylation sites (tertiary alicyclic amines) is 2. The number of H-pyrrole nitrogens is 3. The van der Waals surface area contributed by atoms with Crippen molar-refractivity contribution >= 4 is 50.3 Å². The molecule has 9 rings (SSSR count). The van der Waals surface area contributed by atoms with E-state index in [9.17, 15) is 0 Å². The lowest BCUT2D eigenvalue weighted by atomic mass is 9.88. The first-order valence-electron chi connectivity index (χ1n) is 17.9. The Morgan fingerprint density at radius 1 is 0.804 bits per heavy atom. The highest BCUT2D eigenvalue weighted by Crippen LogP contribution is 2.34. The van der Waals surface area contributed by atoms with E-state index in [1.807, 2.05) is 24.7 Å². The molecule has 11 heteroatoms. The summed E-state index contributed by atoms with van der Waals surface area (Å²) < 4.78 is 0. The number of fused-ring (bicyclic) bond motifs is 4. The van der Waals surface area contributed by atoms with Gasteiger partial charge in [-0.25, -0.2) is 15.0 Å². The summed E-state index contributed by atoms with van der Waals surface area (Å²) in [5.74, 6) is 6.61. The summed E-state index contributed by atoms with van der Waals surface area (Å²) in [6, 6.07) is 25.4. The Kier molecular flexibility index (Phi) is 9.79. The molecule has 10 nitrogen and oxygen atoms in total. The Bertz CT molecular complexity index is 2240. The fourth-order valence-electron chi connectivity index (χ4n) is 8.01. The average Bonchev–Trinajstić information content (AvgIpc) is 3.94. The first-order valence-corrected chi connectivity index (χ1v) is 18.2. The maximum absolute atomic E-state index is 6.49. The number of aromatic nitrogens is 6. The van der Waals surface area contributed by atoms with Gasteiger partial charge in [0.1, 0.15) is 5.65 Å². The van der Waals surface area contributed by atoms with Crippen molar-refractivity contribution in [1.82, 2.24) is 39.9 Å². The third-order valence-electron chi connectivity index (χ3n) is 10.4. The van der Waals surface area contributed by atoms with Gasteiger partial charge in [0, 0.05) is 84.0 Å². The predicted molar refractivity (Wildman–Crippen MR) is 206 cm³/mol. The van der Waals surface area contributed by atoms with Crippen LogP contribution in [0.25, 0.3) is 33.0 Å². The molecule has 51 heavy (non-hydrogen) atoms. The molecule has 0 bridgehead atoms. The van der Waals surface area contributed by atoms with Crippen LogP contribution in [0.2, 0.25) is 5.02 Å². The molecule has 0 spiro atoms. The van der Waals surface area contributed by atoms with Crippen LogP contribution in [0, 0.1) is 5.92 Å². The van der Waals surface area contributed by atoms with Gasteiger partial charge in [0.2, 0.25) is 0 Å². The number of nitrogens with zero attached hydrogens (tertiary/aromatic N) is 6. The van der Waals surface area contributed by atoms with E-state index in [0.717, 1.165) is 84.4 Å². The first kappa shape index (κ1) is 33.1. The minimum Gasteiger partial charge on any atom is -0.346 e. The maximum atomic E-state index is 6.49. The Morgan fingerprint density at radius 3 is 2.27 bits per heavy atom. The maximum Gasteiger partial charge on any atom is 0.159 e. The van der Waals surface area contributed by atoms with E-state index in [-0.39, 0.29) is 5.92 Å². The van der Waals surface area contributed by atoms with Crippen molar-refractivity contribution in [3.63, 3.8) is 0 Å². The van der Waals surface area contributed by atoms with Gasteiger partial charge in [-0.05, 0) is 62.0 Å². The second-order valence-corrected chi connectivity index (χ2v) is 14.2. The summed E-state index contributed by atoms with van der Waals surface area (Å²) >= 11 is 6.49. The van der Waals surface area contributed by atoms with Gasteiger partial charge in [0.25, 0.3) is 0 Å². The molecule has 260 valence electrons. The first-order chi connectivity index (χ1) is 25.1. The summed E-state index contributed by atoms with van der Waals surface area (Å²) in [5, 5.41) is 14.9. The van der Waals surface area contributed by atoms with Gasteiger partial charge in [-0.1, -0.05) is 72.3 Å². The average molecular weight is 699 g/mol. The Labute approximate surface area is 302 Å². The SMILES string of the molecule is N/N=C(/c1c(Cl)cnc2[nH]ccc12)C1CCCN(Cc2ccccc2)C1.c1ccc(CN2CCCC(c3[nH][nH]c4cnc5nccc5c34)C2)cc1. The van der Waals surface area contributed by atoms with Gasteiger partial charge < -0.3 is 15.9 Å². The van der Waals surface area contributed by atoms with Crippen LogP contribution in [-0.2, 0) is 13.1 Å². The van der Waals surface area contributed by atoms with Crippen molar-refractivity contribution in [2.75, 3.05) is 26.2 Å². The highest BCUT2D eigenvalue weighted by atomic mass is 35.5. The van der Waals surface area contributed by atoms with Crippen LogP contribution in [0.3, 0.4) is 0 Å². The fraction of sp³-hybridized carbons (Fsp3) is 0.300. The van der Waals surface area contributed by atoms with Gasteiger partial charge in [-0.3, -0.25) is 14.9 Å². The lowest BCUT2D eigenvalue weighted by molar-refractivity contribution is 0.197. The molecule has 5 N–H and O–H groups in total. The summed E-state index contributed by atoms with van der Waals surface area (Å²) in [6.45, 7) is 6.23. The lowest BCUT2D eigenvalue weighted by Crippen LogP contribution is -2.39. The molecule has 2 unspecified atom stereocenters. The van der Waals surface area contributed by atoms with E-state index in [0.29, 0.717) is 10.9 Å². The Balaban J connectivity index is 0.000000147. The van der Waals surface area contributed by atoms with E-state index < -0.39 is 0 Å². The molecular weight excluding hydrogens is 656 g/mol. The van der Waals surface area contributed by atoms with Crippen LogP contribution in [-0.4, -0.2) is 71.8 Å². The fourth-order valence-corrected chi connectivity index (χ4v) is 8.25. The van der Waals surface area contributed by atoms with Crippen LogP contribution >= 0.6 is 11.6 Å². The number of rotatable bonds is 7.